The van der Waals surface area contributed by atoms with Gasteiger partial charge < -0.3 is 14.4 Å². The summed E-state index contributed by atoms with van der Waals surface area (Å²) in [6.07, 6.45) is 1.39. The summed E-state index contributed by atoms with van der Waals surface area (Å²) in [5.41, 5.74) is 1.89. The number of ether oxygens (including phenoxy) is 2. The number of esters is 1. The zero-order valence-corrected chi connectivity index (χ0v) is 17.7. The monoisotopic (exact) mass is 418 g/mol. The predicted octanol–water partition coefficient (Wildman–Crippen LogP) is 2.74. The summed E-state index contributed by atoms with van der Waals surface area (Å²) < 4.78 is 38.5. The van der Waals surface area contributed by atoms with Crippen molar-refractivity contribution in [2.45, 2.75) is 30.7 Å². The Morgan fingerprint density at radius 2 is 1.72 bits per heavy atom. The molecule has 7 nitrogen and oxygen atoms in total. The SMILES string of the molecule is COC(=O)c1ccc(C)c(S(=O)(=O)NC2CCN(c3ccc(OC)cc3)CC2)c1. The van der Waals surface area contributed by atoms with Crippen molar-refractivity contribution in [3.63, 3.8) is 0 Å². The molecule has 2 aromatic rings. The Morgan fingerprint density at radius 3 is 2.31 bits per heavy atom. The number of anilines is 1. The van der Waals surface area contributed by atoms with Crippen LogP contribution in [0.4, 0.5) is 5.69 Å². The third kappa shape index (κ3) is 4.89. The Kier molecular flexibility index (Phi) is 6.44. The second kappa shape index (κ2) is 8.84. The molecular formula is C21H26N2O5S. The van der Waals surface area contributed by atoms with Crippen molar-refractivity contribution in [1.82, 2.24) is 4.72 Å². The lowest BCUT2D eigenvalue weighted by Gasteiger charge is -2.34. The summed E-state index contributed by atoms with van der Waals surface area (Å²) in [7, 11) is -0.836. The molecule has 0 unspecified atom stereocenters. The van der Waals surface area contributed by atoms with Crippen molar-refractivity contribution in [2.24, 2.45) is 0 Å². The maximum atomic E-state index is 12.9. The highest BCUT2D eigenvalue weighted by molar-refractivity contribution is 7.89. The van der Waals surface area contributed by atoms with Crippen molar-refractivity contribution in [1.29, 1.82) is 0 Å². The lowest BCUT2D eigenvalue weighted by molar-refractivity contribution is 0.0600. The molecule has 0 aliphatic carbocycles. The molecule has 1 heterocycles. The fourth-order valence-electron chi connectivity index (χ4n) is 3.47. The fourth-order valence-corrected chi connectivity index (χ4v) is 5.04. The van der Waals surface area contributed by atoms with E-state index in [4.69, 9.17) is 9.47 Å². The Labute approximate surface area is 171 Å². The molecule has 1 fully saturated rings. The third-order valence-electron chi connectivity index (χ3n) is 5.15. The molecule has 0 radical (unpaired) electrons. The number of hydrogen-bond acceptors (Lipinski definition) is 6. The summed E-state index contributed by atoms with van der Waals surface area (Å²) >= 11 is 0. The maximum Gasteiger partial charge on any atom is 0.337 e. The van der Waals surface area contributed by atoms with Crippen molar-refractivity contribution < 1.29 is 22.7 Å². The second-order valence-corrected chi connectivity index (χ2v) is 8.73. The van der Waals surface area contributed by atoms with E-state index in [-0.39, 0.29) is 16.5 Å². The van der Waals surface area contributed by atoms with Gasteiger partial charge in [0.15, 0.2) is 0 Å². The number of sulfonamides is 1. The molecule has 1 N–H and O–H groups in total. The fraction of sp³-hybridized carbons (Fsp3) is 0.381. The Morgan fingerprint density at radius 1 is 1.07 bits per heavy atom. The van der Waals surface area contributed by atoms with E-state index in [9.17, 15) is 13.2 Å². The number of carbonyl (C=O) groups is 1. The zero-order chi connectivity index (χ0) is 21.0. The molecule has 156 valence electrons. The average Bonchev–Trinajstić information content (AvgIpc) is 2.73. The van der Waals surface area contributed by atoms with Crippen LogP contribution in [0.25, 0.3) is 0 Å². The highest BCUT2D eigenvalue weighted by atomic mass is 32.2. The van der Waals surface area contributed by atoms with Gasteiger partial charge in [0.1, 0.15) is 5.75 Å². The van der Waals surface area contributed by atoms with E-state index in [1.807, 2.05) is 24.3 Å². The van der Waals surface area contributed by atoms with Crippen LogP contribution >= 0.6 is 0 Å². The topological polar surface area (TPSA) is 84.9 Å². The molecule has 29 heavy (non-hydrogen) atoms. The van der Waals surface area contributed by atoms with Gasteiger partial charge in [-0.2, -0.15) is 0 Å². The van der Waals surface area contributed by atoms with Gasteiger partial charge in [-0.3, -0.25) is 0 Å². The first-order chi connectivity index (χ1) is 13.8. The number of nitrogens with one attached hydrogen (secondary N) is 1. The van der Waals surface area contributed by atoms with Crippen LogP contribution in [0.3, 0.4) is 0 Å². The molecule has 0 bridgehead atoms. The van der Waals surface area contributed by atoms with Gasteiger partial charge in [-0.25, -0.2) is 17.9 Å². The minimum absolute atomic E-state index is 0.109. The predicted molar refractivity (Wildman–Crippen MR) is 111 cm³/mol. The lowest BCUT2D eigenvalue weighted by atomic mass is 10.1. The Balaban J connectivity index is 1.67. The van der Waals surface area contributed by atoms with Crippen molar-refractivity contribution in [3.05, 3.63) is 53.6 Å². The molecule has 0 atom stereocenters. The minimum atomic E-state index is -3.74. The first kappa shape index (κ1) is 21.1. The average molecular weight is 419 g/mol. The van der Waals surface area contributed by atoms with Gasteiger partial charge in [0.2, 0.25) is 10.0 Å². The number of piperidine rings is 1. The van der Waals surface area contributed by atoms with Gasteiger partial charge in [-0.1, -0.05) is 6.07 Å². The largest absolute Gasteiger partial charge is 0.497 e. The number of carbonyl (C=O) groups excluding carboxylic acids is 1. The zero-order valence-electron chi connectivity index (χ0n) is 16.8. The van der Waals surface area contributed by atoms with Crippen molar-refractivity contribution in [3.8, 4) is 5.75 Å². The summed E-state index contributed by atoms with van der Waals surface area (Å²) in [6.45, 7) is 3.21. The molecule has 1 aliphatic heterocycles. The van der Waals surface area contributed by atoms with Gasteiger partial charge in [-0.05, 0) is 61.7 Å². The summed E-state index contributed by atoms with van der Waals surface area (Å²) in [5, 5.41) is 0. The van der Waals surface area contributed by atoms with E-state index >= 15 is 0 Å². The summed E-state index contributed by atoms with van der Waals surface area (Å²) in [5.74, 6) is 0.246. The molecule has 0 spiro atoms. The quantitative estimate of drug-likeness (QED) is 0.726. The maximum absolute atomic E-state index is 12.9. The van der Waals surface area contributed by atoms with Gasteiger partial charge in [-0.15, -0.1) is 0 Å². The van der Waals surface area contributed by atoms with E-state index in [0.29, 0.717) is 18.4 Å². The number of methoxy groups -OCH3 is 2. The summed E-state index contributed by atoms with van der Waals surface area (Å²) in [6, 6.07) is 12.2. The van der Waals surface area contributed by atoms with Crippen molar-refractivity contribution in [2.75, 3.05) is 32.2 Å². The molecule has 1 saturated heterocycles. The van der Waals surface area contributed by atoms with Crippen LogP contribution in [0.15, 0.2) is 47.4 Å². The van der Waals surface area contributed by atoms with Crippen LogP contribution in [-0.2, 0) is 14.8 Å². The molecule has 2 aromatic carbocycles. The molecular weight excluding hydrogens is 392 g/mol. The normalized spacial score (nSPS) is 15.2. The Hall–Kier alpha value is -2.58. The van der Waals surface area contributed by atoms with Crippen LogP contribution in [0.1, 0.15) is 28.8 Å². The molecule has 0 amide bonds. The number of nitrogens with zero attached hydrogens (tertiary/aromatic N) is 1. The number of aryl methyl sites for hydroxylation is 1. The van der Waals surface area contributed by atoms with Crippen LogP contribution < -0.4 is 14.4 Å². The van der Waals surface area contributed by atoms with Crippen molar-refractivity contribution >= 4 is 21.7 Å². The van der Waals surface area contributed by atoms with Crippen LogP contribution in [0.5, 0.6) is 5.75 Å². The first-order valence-corrected chi connectivity index (χ1v) is 10.9. The van der Waals surface area contributed by atoms with E-state index in [0.717, 1.165) is 24.5 Å². The lowest BCUT2D eigenvalue weighted by Crippen LogP contribution is -2.44. The highest BCUT2D eigenvalue weighted by Crippen LogP contribution is 2.24. The van der Waals surface area contributed by atoms with E-state index in [1.54, 1.807) is 26.2 Å². The van der Waals surface area contributed by atoms with E-state index < -0.39 is 16.0 Å². The van der Waals surface area contributed by atoms with Gasteiger partial charge in [0.25, 0.3) is 0 Å². The standard InChI is InChI=1S/C21H26N2O5S/c1-15-4-5-16(21(24)28-3)14-20(15)29(25,26)22-17-10-12-23(13-11-17)18-6-8-19(27-2)9-7-18/h4-9,14,17,22H,10-13H2,1-3H3. The number of rotatable bonds is 6. The minimum Gasteiger partial charge on any atom is -0.497 e. The van der Waals surface area contributed by atoms with E-state index in [2.05, 4.69) is 9.62 Å². The molecule has 0 aromatic heterocycles. The molecule has 1 aliphatic rings. The smallest absolute Gasteiger partial charge is 0.337 e. The third-order valence-corrected chi connectivity index (χ3v) is 6.82. The highest BCUT2D eigenvalue weighted by Gasteiger charge is 2.26. The first-order valence-electron chi connectivity index (χ1n) is 9.44. The molecule has 8 heteroatoms. The second-order valence-electron chi connectivity index (χ2n) is 7.05. The molecule has 0 saturated carbocycles. The van der Waals surface area contributed by atoms with Gasteiger partial charge >= 0.3 is 5.97 Å². The molecule has 3 rings (SSSR count). The van der Waals surface area contributed by atoms with Gasteiger partial charge in [0, 0.05) is 24.8 Å². The van der Waals surface area contributed by atoms with Crippen LogP contribution in [0, 0.1) is 6.92 Å². The van der Waals surface area contributed by atoms with Crippen LogP contribution in [-0.4, -0.2) is 47.7 Å². The Bertz CT molecular complexity index is 965. The van der Waals surface area contributed by atoms with E-state index in [1.165, 1.54) is 13.2 Å². The number of benzene rings is 2. The van der Waals surface area contributed by atoms with Crippen LogP contribution in [0.2, 0.25) is 0 Å². The summed E-state index contributed by atoms with van der Waals surface area (Å²) in [4.78, 5) is 14.1. The number of hydrogen-bond donors (Lipinski definition) is 1. The van der Waals surface area contributed by atoms with Gasteiger partial charge in [0.05, 0.1) is 24.7 Å².